The molecule has 1 aliphatic rings. The van der Waals surface area contributed by atoms with Gasteiger partial charge in [0.25, 0.3) is 0 Å². The molecule has 0 bridgehead atoms. The van der Waals surface area contributed by atoms with E-state index in [-0.39, 0.29) is 29.1 Å². The summed E-state index contributed by atoms with van der Waals surface area (Å²) in [5.41, 5.74) is 3.03. The maximum Gasteiger partial charge on any atom is 0.348 e. The molecule has 0 N–H and O–H groups in total. The highest BCUT2D eigenvalue weighted by atomic mass is 32.1. The minimum absolute atomic E-state index is 0.00380. The zero-order valence-corrected chi connectivity index (χ0v) is 26.0. The fraction of sp³-hybridized carbons (Fsp3) is 0.600. The summed E-state index contributed by atoms with van der Waals surface area (Å²) in [4.78, 5) is 27.0. The topological polar surface area (TPSA) is 65.1 Å². The Kier molecular flexibility index (Phi) is 10.7. The number of rotatable bonds is 13. The van der Waals surface area contributed by atoms with Crippen LogP contribution in [0.5, 0.6) is 0 Å². The molecular weight excluding hydrogens is 514 g/mol. The van der Waals surface area contributed by atoms with Crippen LogP contribution in [0.1, 0.15) is 93.1 Å². The maximum absolute atomic E-state index is 12.8. The van der Waals surface area contributed by atoms with Crippen molar-refractivity contribution < 1.29 is 23.5 Å². The smallest absolute Gasteiger partial charge is 0.348 e. The summed E-state index contributed by atoms with van der Waals surface area (Å²) in [6.07, 6.45) is 5.91. The van der Waals surface area contributed by atoms with Crippen molar-refractivity contribution in [2.24, 2.45) is 0 Å². The van der Waals surface area contributed by atoms with Crippen LogP contribution in [0.4, 0.5) is 5.69 Å². The monoisotopic (exact) mass is 559 g/mol. The molecule has 1 unspecified atom stereocenters. The lowest BCUT2D eigenvalue weighted by atomic mass is 10.0. The number of nitrogens with zero attached hydrogens (tertiary/aromatic N) is 1. The van der Waals surface area contributed by atoms with Gasteiger partial charge in [-0.15, -0.1) is 11.3 Å². The zero-order valence-electron chi connectivity index (χ0n) is 24.2. The Morgan fingerprint density at radius 3 is 2.53 bits per heavy atom. The third-order valence-corrected chi connectivity index (χ3v) is 13.2. The Balaban J connectivity index is 1.67. The average molecular weight is 560 g/mol. The number of hydrogen-bond acceptors (Lipinski definition) is 6. The van der Waals surface area contributed by atoms with E-state index in [9.17, 15) is 9.59 Å². The van der Waals surface area contributed by atoms with Gasteiger partial charge >= 0.3 is 5.97 Å². The van der Waals surface area contributed by atoms with Crippen molar-refractivity contribution in [1.82, 2.24) is 0 Å². The SMILES string of the molecule is CCCCCC(O[Si](C)(C)C(C)(C)C)c1ccc(N2C(=O)CC[C@@H]2COCc2csc(C(=O)OC)c2)cc1. The second-order valence-corrected chi connectivity index (χ2v) is 17.4. The molecule has 0 radical (unpaired) electrons. The van der Waals surface area contributed by atoms with E-state index >= 15 is 0 Å². The number of esters is 1. The van der Waals surface area contributed by atoms with Gasteiger partial charge in [0.05, 0.1) is 32.5 Å². The Labute approximate surface area is 233 Å². The van der Waals surface area contributed by atoms with E-state index in [2.05, 4.69) is 65.1 Å². The van der Waals surface area contributed by atoms with Gasteiger partial charge in [-0.3, -0.25) is 4.79 Å². The third kappa shape index (κ3) is 7.78. The van der Waals surface area contributed by atoms with Gasteiger partial charge < -0.3 is 18.8 Å². The summed E-state index contributed by atoms with van der Waals surface area (Å²) in [6.45, 7) is 14.5. The molecule has 1 saturated heterocycles. The average Bonchev–Trinajstić information content (AvgIpc) is 3.49. The van der Waals surface area contributed by atoms with Gasteiger partial charge in [-0.2, -0.15) is 0 Å². The molecular formula is C30H45NO5SSi. The van der Waals surface area contributed by atoms with Crippen LogP contribution in [-0.2, 0) is 25.3 Å². The van der Waals surface area contributed by atoms with Gasteiger partial charge in [0.15, 0.2) is 8.32 Å². The van der Waals surface area contributed by atoms with Gasteiger partial charge in [-0.1, -0.05) is 59.1 Å². The molecule has 0 saturated carbocycles. The first-order chi connectivity index (χ1) is 18.0. The van der Waals surface area contributed by atoms with E-state index in [0.717, 1.165) is 30.5 Å². The lowest BCUT2D eigenvalue weighted by Gasteiger charge is -2.39. The zero-order chi connectivity index (χ0) is 27.9. The summed E-state index contributed by atoms with van der Waals surface area (Å²) in [6, 6.07) is 10.2. The number of benzene rings is 1. The largest absolute Gasteiger partial charge is 0.465 e. The summed E-state index contributed by atoms with van der Waals surface area (Å²) in [5, 5.41) is 2.06. The van der Waals surface area contributed by atoms with Crippen molar-refractivity contribution in [3.05, 3.63) is 51.7 Å². The fourth-order valence-corrected chi connectivity index (χ4v) is 6.62. The highest BCUT2D eigenvalue weighted by molar-refractivity contribution is 7.12. The molecule has 3 rings (SSSR count). The molecule has 8 heteroatoms. The van der Waals surface area contributed by atoms with Crippen LogP contribution in [0.2, 0.25) is 18.1 Å². The number of methoxy groups -OCH3 is 1. The fourth-order valence-electron chi connectivity index (χ4n) is 4.48. The van der Waals surface area contributed by atoms with Crippen LogP contribution in [0.25, 0.3) is 0 Å². The van der Waals surface area contributed by atoms with Crippen molar-refractivity contribution in [3.63, 3.8) is 0 Å². The second-order valence-electron chi connectivity index (χ2n) is 11.7. The Morgan fingerprint density at radius 2 is 1.89 bits per heavy atom. The molecule has 1 aliphatic heterocycles. The van der Waals surface area contributed by atoms with Crippen LogP contribution in [0.15, 0.2) is 35.7 Å². The van der Waals surface area contributed by atoms with Crippen LogP contribution in [0.3, 0.4) is 0 Å². The van der Waals surface area contributed by atoms with Gasteiger partial charge in [0, 0.05) is 12.1 Å². The number of hydrogen-bond donors (Lipinski definition) is 0. The van der Waals surface area contributed by atoms with E-state index in [4.69, 9.17) is 13.9 Å². The molecule has 1 aromatic heterocycles. The quantitative estimate of drug-likeness (QED) is 0.142. The number of carbonyl (C=O) groups excluding carboxylic acids is 2. The lowest BCUT2D eigenvalue weighted by Crippen LogP contribution is -2.41. The normalized spacial score (nSPS) is 17.2. The Hall–Kier alpha value is -2.00. The molecule has 210 valence electrons. The first-order valence-electron chi connectivity index (χ1n) is 13.8. The number of amides is 1. The molecule has 38 heavy (non-hydrogen) atoms. The van der Waals surface area contributed by atoms with Crippen molar-refractivity contribution in [3.8, 4) is 0 Å². The van der Waals surface area contributed by atoms with Crippen LogP contribution in [-0.4, -0.2) is 40.0 Å². The number of ether oxygens (including phenoxy) is 2. The summed E-state index contributed by atoms with van der Waals surface area (Å²) >= 11 is 1.35. The third-order valence-electron chi connectivity index (χ3n) is 7.80. The second kappa shape index (κ2) is 13.4. The standard InChI is InChI=1S/C30H45NO5SSi/c1-8-9-10-11-26(36-38(6,7)30(2,3)4)23-12-14-24(15-13-23)31-25(16-17-28(31)32)20-35-19-22-18-27(37-21-22)29(33)34-5/h12-15,18,21,25-26H,8-11,16-17,19-20H2,1-7H3/t25-,26?/m1/s1. The molecule has 2 atom stereocenters. The van der Waals surface area contributed by atoms with E-state index in [1.165, 1.54) is 36.9 Å². The highest BCUT2D eigenvalue weighted by Gasteiger charge is 2.39. The molecule has 1 fully saturated rings. The summed E-state index contributed by atoms with van der Waals surface area (Å²) in [7, 11) is -0.549. The Bertz CT molecular complexity index is 1060. The van der Waals surface area contributed by atoms with E-state index in [0.29, 0.717) is 24.5 Å². The minimum Gasteiger partial charge on any atom is -0.465 e. The Morgan fingerprint density at radius 1 is 1.18 bits per heavy atom. The predicted octanol–water partition coefficient (Wildman–Crippen LogP) is 7.89. The first-order valence-corrected chi connectivity index (χ1v) is 17.6. The minimum atomic E-state index is -1.93. The molecule has 1 amide bonds. The summed E-state index contributed by atoms with van der Waals surface area (Å²) in [5.74, 6) is -0.202. The van der Waals surface area contributed by atoms with Gasteiger partial charge in [0.1, 0.15) is 4.88 Å². The maximum atomic E-state index is 12.8. The molecule has 1 aromatic carbocycles. The molecule has 0 aliphatic carbocycles. The van der Waals surface area contributed by atoms with E-state index < -0.39 is 8.32 Å². The summed E-state index contributed by atoms with van der Waals surface area (Å²) < 4.78 is 17.6. The number of carbonyl (C=O) groups is 2. The highest BCUT2D eigenvalue weighted by Crippen LogP contribution is 2.41. The van der Waals surface area contributed by atoms with Crippen LogP contribution >= 0.6 is 11.3 Å². The van der Waals surface area contributed by atoms with Crippen LogP contribution < -0.4 is 4.90 Å². The first kappa shape index (κ1) is 30.5. The van der Waals surface area contributed by atoms with Gasteiger partial charge in [-0.05, 0) is 65.7 Å². The molecule has 6 nitrogen and oxygen atoms in total. The molecule has 0 spiro atoms. The number of anilines is 1. The van der Waals surface area contributed by atoms with E-state index in [1.807, 2.05) is 10.3 Å². The van der Waals surface area contributed by atoms with Crippen molar-refractivity contribution in [2.45, 2.75) is 103 Å². The van der Waals surface area contributed by atoms with Crippen LogP contribution in [0, 0.1) is 0 Å². The van der Waals surface area contributed by atoms with Crippen molar-refractivity contribution in [2.75, 3.05) is 18.6 Å². The lowest BCUT2D eigenvalue weighted by molar-refractivity contribution is -0.117. The molecule has 2 aromatic rings. The molecule has 2 heterocycles. The van der Waals surface area contributed by atoms with E-state index in [1.54, 1.807) is 6.07 Å². The van der Waals surface area contributed by atoms with Gasteiger partial charge in [-0.25, -0.2) is 4.79 Å². The number of thiophene rings is 1. The van der Waals surface area contributed by atoms with Crippen molar-refractivity contribution >= 4 is 37.2 Å². The van der Waals surface area contributed by atoms with Gasteiger partial charge in [0.2, 0.25) is 5.91 Å². The number of unbranched alkanes of at least 4 members (excludes halogenated alkanes) is 2. The van der Waals surface area contributed by atoms with Crippen molar-refractivity contribution in [1.29, 1.82) is 0 Å². The predicted molar refractivity (Wildman–Crippen MR) is 157 cm³/mol.